The fourth-order valence-corrected chi connectivity index (χ4v) is 10.1. The van der Waals surface area contributed by atoms with E-state index in [1.807, 2.05) is 12.1 Å². The molecule has 0 heterocycles. The first kappa shape index (κ1) is 34.4. The van der Waals surface area contributed by atoms with Crippen LogP contribution in [0.4, 0.5) is 22.0 Å². The molecule has 0 amide bonds. The number of aliphatic carboxylic acids is 1. The molecule has 254 valence electrons. The van der Waals surface area contributed by atoms with Gasteiger partial charge >= 0.3 is 18.1 Å². The second-order valence-electron chi connectivity index (χ2n) is 15.2. The first-order valence-electron chi connectivity index (χ1n) is 17.4. The number of phenols is 1. The van der Waals surface area contributed by atoms with E-state index in [0.717, 1.165) is 77.0 Å². The minimum Gasteiger partial charge on any atom is -0.508 e. The topological polar surface area (TPSA) is 77.8 Å². The van der Waals surface area contributed by atoms with E-state index in [9.17, 15) is 42.1 Å². The number of carboxylic acids is 1. The van der Waals surface area contributed by atoms with Crippen molar-refractivity contribution in [3.8, 4) is 5.75 Å². The predicted molar refractivity (Wildman–Crippen MR) is 162 cm³/mol. The number of benzene rings is 1. The van der Waals surface area contributed by atoms with E-state index in [1.54, 1.807) is 0 Å². The van der Waals surface area contributed by atoms with Crippen LogP contribution in [0.3, 0.4) is 0 Å². The number of unbranched alkanes of at least 4 members (excludes halogenated alkanes) is 6. The van der Waals surface area contributed by atoms with E-state index in [2.05, 4.69) is 13.0 Å². The van der Waals surface area contributed by atoms with Crippen LogP contribution < -0.4 is 0 Å². The first-order valence-corrected chi connectivity index (χ1v) is 17.4. The van der Waals surface area contributed by atoms with Gasteiger partial charge in [-0.25, -0.2) is 0 Å². The van der Waals surface area contributed by atoms with E-state index in [1.165, 1.54) is 17.5 Å². The summed E-state index contributed by atoms with van der Waals surface area (Å²) in [6.45, 7) is 2.46. The van der Waals surface area contributed by atoms with Crippen LogP contribution in [0.2, 0.25) is 0 Å². The molecule has 3 N–H and O–H groups in total. The highest BCUT2D eigenvalue weighted by atomic mass is 19.4. The molecule has 4 aliphatic rings. The zero-order valence-electron chi connectivity index (χ0n) is 26.6. The van der Waals surface area contributed by atoms with Crippen LogP contribution in [-0.4, -0.2) is 39.5 Å². The van der Waals surface area contributed by atoms with Crippen molar-refractivity contribution in [3.63, 3.8) is 0 Å². The summed E-state index contributed by atoms with van der Waals surface area (Å²) in [7, 11) is 0. The zero-order valence-corrected chi connectivity index (χ0v) is 26.6. The van der Waals surface area contributed by atoms with Crippen molar-refractivity contribution >= 4 is 5.97 Å². The van der Waals surface area contributed by atoms with Crippen LogP contribution >= 0.6 is 0 Å². The largest absolute Gasteiger partial charge is 0.508 e. The maximum atomic E-state index is 13.1. The second-order valence-corrected chi connectivity index (χ2v) is 15.2. The van der Waals surface area contributed by atoms with Crippen LogP contribution in [0, 0.1) is 34.5 Å². The number of hydrogen-bond donors (Lipinski definition) is 3. The number of carbonyl (C=O) groups is 1. The molecule has 3 saturated carbocycles. The third-order valence-electron chi connectivity index (χ3n) is 12.8. The maximum absolute atomic E-state index is 13.1. The van der Waals surface area contributed by atoms with Gasteiger partial charge in [0, 0.05) is 11.8 Å². The Kier molecular flexibility index (Phi) is 10.2. The smallest absolute Gasteiger partial charge is 0.453 e. The number of halogens is 5. The van der Waals surface area contributed by atoms with Gasteiger partial charge in [-0.2, -0.15) is 22.0 Å². The Labute approximate surface area is 264 Å². The lowest BCUT2D eigenvalue weighted by Crippen LogP contribution is -2.46. The van der Waals surface area contributed by atoms with Crippen LogP contribution in [-0.2, 0) is 11.2 Å². The van der Waals surface area contributed by atoms with Gasteiger partial charge in [0.2, 0.25) is 0 Å². The Morgan fingerprint density at radius 3 is 2.24 bits per heavy atom. The number of alkyl halides is 5. The third-order valence-corrected chi connectivity index (χ3v) is 12.8. The van der Waals surface area contributed by atoms with Crippen molar-refractivity contribution in [2.75, 3.05) is 0 Å². The molecule has 0 saturated heterocycles. The number of aromatic hydroxyl groups is 1. The lowest BCUT2D eigenvalue weighted by atomic mass is 9.50. The molecule has 4 aliphatic carbocycles. The summed E-state index contributed by atoms with van der Waals surface area (Å²) < 4.78 is 63.4. The minimum atomic E-state index is -5.60. The molecule has 0 aliphatic heterocycles. The minimum absolute atomic E-state index is 0.134. The quantitative estimate of drug-likeness (QED) is 0.132. The molecule has 4 unspecified atom stereocenters. The van der Waals surface area contributed by atoms with Gasteiger partial charge in [0.15, 0.2) is 0 Å². The average Bonchev–Trinajstić information content (AvgIpc) is 3.75. The lowest BCUT2D eigenvalue weighted by Gasteiger charge is -2.54. The van der Waals surface area contributed by atoms with Gasteiger partial charge < -0.3 is 15.3 Å². The fourth-order valence-electron chi connectivity index (χ4n) is 10.1. The van der Waals surface area contributed by atoms with E-state index < -0.39 is 36.8 Å². The highest BCUT2D eigenvalue weighted by Crippen LogP contribution is 2.76. The zero-order chi connectivity index (χ0) is 32.6. The molecular formula is C36H51F5O4. The van der Waals surface area contributed by atoms with Gasteiger partial charge in [-0.1, -0.05) is 57.9 Å². The van der Waals surface area contributed by atoms with Crippen LogP contribution in [0.25, 0.3) is 0 Å². The van der Waals surface area contributed by atoms with E-state index in [0.29, 0.717) is 42.3 Å². The van der Waals surface area contributed by atoms with Gasteiger partial charge in [0.05, 0.1) is 12.0 Å². The number of rotatable bonds is 15. The average molecular weight is 643 g/mol. The van der Waals surface area contributed by atoms with Crippen LogP contribution in [0.5, 0.6) is 5.75 Å². The van der Waals surface area contributed by atoms with Crippen molar-refractivity contribution in [3.05, 3.63) is 29.3 Å². The van der Waals surface area contributed by atoms with Crippen molar-refractivity contribution < 1.29 is 42.1 Å². The van der Waals surface area contributed by atoms with Crippen molar-refractivity contribution in [1.29, 1.82) is 0 Å². The predicted octanol–water partition coefficient (Wildman–Crippen LogP) is 9.80. The van der Waals surface area contributed by atoms with Gasteiger partial charge in [-0.3, -0.25) is 4.79 Å². The Bertz CT molecular complexity index is 1180. The Morgan fingerprint density at radius 2 is 1.60 bits per heavy atom. The highest BCUT2D eigenvalue weighted by Gasteiger charge is 2.71. The van der Waals surface area contributed by atoms with Crippen molar-refractivity contribution in [2.45, 2.75) is 147 Å². The van der Waals surface area contributed by atoms with Crippen LogP contribution in [0.1, 0.15) is 133 Å². The molecular weight excluding hydrogens is 591 g/mol. The van der Waals surface area contributed by atoms with Gasteiger partial charge in [0.25, 0.3) is 0 Å². The summed E-state index contributed by atoms with van der Waals surface area (Å²) >= 11 is 0. The standard InChI is InChI=1S/C36H51F5O4/c1-33-17-15-28-27-14-13-26(42)21-25(27)20-24(31(28)29(33)22-30(43)34(33)18-19-34)11-8-6-4-2-3-5-7-10-23(32(44)45)12-9-16-35(37,38)36(39,40)41/h13-14,21,23-24,28-31,42-43H,2-12,15-20,22H2,1H3,(H,44,45)/t23?,24-,28?,29?,30-,31?,33+/m1/s1. The number of aliphatic hydroxyl groups is 1. The molecule has 1 aromatic carbocycles. The monoisotopic (exact) mass is 642 g/mol. The molecule has 3 fully saturated rings. The summed E-state index contributed by atoms with van der Waals surface area (Å²) in [6, 6.07) is 5.94. The Hall–Kier alpha value is -1.90. The van der Waals surface area contributed by atoms with E-state index in [-0.39, 0.29) is 23.4 Å². The molecule has 1 spiro atoms. The summed E-state index contributed by atoms with van der Waals surface area (Å²) in [5, 5.41) is 30.8. The van der Waals surface area contributed by atoms with Crippen molar-refractivity contribution in [1.82, 2.24) is 0 Å². The molecule has 9 heteroatoms. The summed E-state index contributed by atoms with van der Waals surface area (Å²) in [5.74, 6) is -4.33. The SMILES string of the molecule is C[C@]12CCC3c4ccc(O)cc4C[C@@H](CCCCCCCCCC(CCCC(F)(F)C(F)(F)F)C(=O)O)C3C1C[C@@H](O)C21CC1. The molecule has 0 radical (unpaired) electrons. The molecule has 7 atom stereocenters. The normalized spacial score (nSPS) is 30.9. The van der Waals surface area contributed by atoms with Crippen molar-refractivity contribution in [2.24, 2.45) is 34.5 Å². The molecule has 45 heavy (non-hydrogen) atoms. The second kappa shape index (κ2) is 13.3. The Balaban J connectivity index is 1.05. The number of carboxylic acid groups (broad SMARTS) is 1. The first-order chi connectivity index (χ1) is 21.2. The van der Waals surface area contributed by atoms with Crippen LogP contribution in [0.15, 0.2) is 18.2 Å². The van der Waals surface area contributed by atoms with E-state index in [4.69, 9.17) is 0 Å². The summed E-state index contributed by atoms with van der Waals surface area (Å²) in [4.78, 5) is 11.5. The van der Waals surface area contributed by atoms with E-state index >= 15 is 0 Å². The van der Waals surface area contributed by atoms with Gasteiger partial charge in [0.1, 0.15) is 5.75 Å². The maximum Gasteiger partial charge on any atom is 0.453 e. The molecule has 1 aromatic rings. The molecule has 0 bridgehead atoms. The number of aliphatic hydroxyl groups excluding tert-OH is 1. The number of hydrogen-bond acceptors (Lipinski definition) is 3. The molecule has 5 rings (SSSR count). The molecule has 4 nitrogen and oxygen atoms in total. The molecule has 0 aromatic heterocycles. The third kappa shape index (κ3) is 6.89. The summed E-state index contributed by atoms with van der Waals surface area (Å²) in [5.41, 5.74) is 3.05. The summed E-state index contributed by atoms with van der Waals surface area (Å²) in [6.07, 6.45) is 6.91. The lowest BCUT2D eigenvalue weighted by molar-refractivity contribution is -0.284. The number of phenolic OH excluding ortho intramolecular Hbond substituents is 1. The number of fused-ring (bicyclic) bond motifs is 6. The fraction of sp³-hybridized carbons (Fsp3) is 0.806. The van der Waals surface area contributed by atoms with Gasteiger partial charge in [-0.15, -0.1) is 0 Å². The van der Waals surface area contributed by atoms with Gasteiger partial charge in [-0.05, 0) is 117 Å². The highest BCUT2D eigenvalue weighted by molar-refractivity contribution is 5.69. The Morgan fingerprint density at radius 1 is 0.956 bits per heavy atom.